The lowest BCUT2D eigenvalue weighted by Gasteiger charge is -2.09. The molecule has 2 rings (SSSR count). The normalized spacial score (nSPS) is 10.6. The summed E-state index contributed by atoms with van der Waals surface area (Å²) in [7, 11) is 1.50. The van der Waals surface area contributed by atoms with E-state index in [0.29, 0.717) is 17.0 Å². The van der Waals surface area contributed by atoms with E-state index in [2.05, 4.69) is 5.32 Å². The Balaban J connectivity index is 2.22. The quantitative estimate of drug-likeness (QED) is 0.671. The van der Waals surface area contributed by atoms with Crippen molar-refractivity contribution in [3.05, 3.63) is 59.7 Å². The van der Waals surface area contributed by atoms with Gasteiger partial charge in [0.25, 0.3) is 5.91 Å². The number of benzene rings is 2. The average Bonchev–Trinajstić information content (AvgIpc) is 2.54. The zero-order valence-corrected chi connectivity index (χ0v) is 11.9. The van der Waals surface area contributed by atoms with Crippen LogP contribution < -0.4 is 10.1 Å². The van der Waals surface area contributed by atoms with E-state index >= 15 is 0 Å². The summed E-state index contributed by atoms with van der Waals surface area (Å²) in [5.74, 6) is 0.104. The van der Waals surface area contributed by atoms with Crippen molar-refractivity contribution in [1.29, 1.82) is 5.26 Å². The molecule has 0 radical (unpaired) electrons. The van der Waals surface area contributed by atoms with Crippen LogP contribution in [0.5, 0.6) is 11.5 Å². The molecule has 0 aliphatic rings. The molecule has 5 heteroatoms. The van der Waals surface area contributed by atoms with Crippen molar-refractivity contribution in [2.24, 2.45) is 0 Å². The van der Waals surface area contributed by atoms with Gasteiger partial charge in [0, 0.05) is 0 Å². The summed E-state index contributed by atoms with van der Waals surface area (Å²) in [6, 6.07) is 15.0. The molecule has 5 nitrogen and oxygen atoms in total. The predicted octanol–water partition coefficient (Wildman–Crippen LogP) is 2.95. The van der Waals surface area contributed by atoms with Crippen LogP contribution >= 0.6 is 0 Å². The summed E-state index contributed by atoms with van der Waals surface area (Å²) in [6.45, 7) is 0. The molecule has 0 fully saturated rings. The number of methoxy groups -OCH3 is 1. The Labute approximate surface area is 128 Å². The number of hydrogen-bond donors (Lipinski definition) is 2. The maximum absolute atomic E-state index is 12.2. The second-order valence-electron chi connectivity index (χ2n) is 4.42. The fraction of sp³-hybridized carbons (Fsp3) is 0.0588. The van der Waals surface area contributed by atoms with E-state index in [0.717, 1.165) is 0 Å². The number of phenols is 1. The second-order valence-corrected chi connectivity index (χ2v) is 4.42. The van der Waals surface area contributed by atoms with E-state index in [1.54, 1.807) is 36.4 Å². The minimum absolute atomic E-state index is 0.0448. The monoisotopic (exact) mass is 294 g/mol. The molecular formula is C17H14N2O3. The summed E-state index contributed by atoms with van der Waals surface area (Å²) < 4.78 is 5.15. The van der Waals surface area contributed by atoms with Gasteiger partial charge in [0.2, 0.25) is 0 Å². The summed E-state index contributed by atoms with van der Waals surface area (Å²) in [6.07, 6.45) is 1.45. The zero-order chi connectivity index (χ0) is 15.9. The van der Waals surface area contributed by atoms with Crippen molar-refractivity contribution in [3.63, 3.8) is 0 Å². The number of nitrogens with zero attached hydrogens (tertiary/aromatic N) is 1. The molecular weight excluding hydrogens is 280 g/mol. The fourth-order valence-corrected chi connectivity index (χ4v) is 1.82. The van der Waals surface area contributed by atoms with E-state index in [4.69, 9.17) is 10.00 Å². The van der Waals surface area contributed by atoms with Gasteiger partial charge in [-0.05, 0) is 35.9 Å². The molecule has 0 spiro atoms. The number of hydrogen-bond acceptors (Lipinski definition) is 4. The summed E-state index contributed by atoms with van der Waals surface area (Å²) in [5.41, 5.74) is 1.09. The maximum atomic E-state index is 12.2. The van der Waals surface area contributed by atoms with Gasteiger partial charge in [-0.3, -0.25) is 4.79 Å². The molecule has 0 atom stereocenters. The third-order valence-electron chi connectivity index (χ3n) is 2.92. The smallest absolute Gasteiger partial charge is 0.266 e. The van der Waals surface area contributed by atoms with E-state index in [1.807, 2.05) is 6.07 Å². The summed E-state index contributed by atoms with van der Waals surface area (Å²) in [4.78, 5) is 12.2. The van der Waals surface area contributed by atoms with E-state index < -0.39 is 5.91 Å². The van der Waals surface area contributed by atoms with Crippen LogP contribution in [0.1, 0.15) is 5.56 Å². The maximum Gasteiger partial charge on any atom is 0.266 e. The first-order valence-corrected chi connectivity index (χ1v) is 6.49. The number of amides is 1. The Kier molecular flexibility index (Phi) is 4.78. The number of para-hydroxylation sites is 2. The van der Waals surface area contributed by atoms with Gasteiger partial charge >= 0.3 is 0 Å². The van der Waals surface area contributed by atoms with Crippen molar-refractivity contribution >= 4 is 17.7 Å². The van der Waals surface area contributed by atoms with Crippen molar-refractivity contribution in [3.8, 4) is 17.6 Å². The van der Waals surface area contributed by atoms with Gasteiger partial charge in [0.05, 0.1) is 12.8 Å². The van der Waals surface area contributed by atoms with Gasteiger partial charge in [-0.25, -0.2) is 0 Å². The van der Waals surface area contributed by atoms with Crippen LogP contribution in [0.3, 0.4) is 0 Å². The second kappa shape index (κ2) is 6.95. The van der Waals surface area contributed by atoms with Crippen LogP contribution in [0.2, 0.25) is 0 Å². The minimum Gasteiger partial charge on any atom is -0.508 e. The van der Waals surface area contributed by atoms with Crippen molar-refractivity contribution in [2.75, 3.05) is 12.4 Å². The van der Waals surface area contributed by atoms with Crippen LogP contribution in [0.4, 0.5) is 5.69 Å². The Morgan fingerprint density at radius 2 is 1.91 bits per heavy atom. The highest BCUT2D eigenvalue weighted by atomic mass is 16.5. The van der Waals surface area contributed by atoms with Gasteiger partial charge in [-0.1, -0.05) is 24.3 Å². The topological polar surface area (TPSA) is 82.3 Å². The Morgan fingerprint density at radius 1 is 1.23 bits per heavy atom. The average molecular weight is 294 g/mol. The lowest BCUT2D eigenvalue weighted by Crippen LogP contribution is -2.14. The standard InChI is InChI=1S/C17H14N2O3/c1-22-16-5-3-2-4-15(16)19-17(21)13(11-18)10-12-6-8-14(20)9-7-12/h2-10,20H,1H3,(H,19,21)/b13-10+. The highest BCUT2D eigenvalue weighted by Gasteiger charge is 2.12. The summed E-state index contributed by atoms with van der Waals surface area (Å²) >= 11 is 0. The molecule has 0 aliphatic carbocycles. The summed E-state index contributed by atoms with van der Waals surface area (Å²) in [5, 5.41) is 21.0. The fourth-order valence-electron chi connectivity index (χ4n) is 1.82. The Hall–Kier alpha value is -3.26. The first-order valence-electron chi connectivity index (χ1n) is 6.49. The van der Waals surface area contributed by atoms with Crippen molar-refractivity contribution in [2.45, 2.75) is 0 Å². The molecule has 0 aliphatic heterocycles. The highest BCUT2D eigenvalue weighted by Crippen LogP contribution is 2.23. The number of phenolic OH excluding ortho intramolecular Hbond substituents is 1. The first-order chi connectivity index (χ1) is 10.6. The highest BCUT2D eigenvalue weighted by molar-refractivity contribution is 6.10. The van der Waals surface area contributed by atoms with Crippen molar-refractivity contribution in [1.82, 2.24) is 0 Å². The molecule has 2 aromatic carbocycles. The van der Waals surface area contributed by atoms with Crippen molar-refractivity contribution < 1.29 is 14.6 Å². The molecule has 0 saturated heterocycles. The van der Waals surface area contributed by atoms with Crippen LogP contribution in [-0.4, -0.2) is 18.1 Å². The predicted molar refractivity (Wildman–Crippen MR) is 83.3 cm³/mol. The number of rotatable bonds is 4. The largest absolute Gasteiger partial charge is 0.508 e. The number of nitriles is 1. The molecule has 1 amide bonds. The Bertz CT molecular complexity index is 743. The number of carbonyl (C=O) groups is 1. The lowest BCUT2D eigenvalue weighted by molar-refractivity contribution is -0.112. The van der Waals surface area contributed by atoms with Gasteiger partial charge in [-0.2, -0.15) is 5.26 Å². The number of carbonyl (C=O) groups excluding carboxylic acids is 1. The zero-order valence-electron chi connectivity index (χ0n) is 11.9. The van der Waals surface area contributed by atoms with E-state index in [9.17, 15) is 9.90 Å². The van der Waals surface area contributed by atoms with Gasteiger partial charge in [0.15, 0.2) is 0 Å². The van der Waals surface area contributed by atoms with Gasteiger partial charge in [-0.15, -0.1) is 0 Å². The van der Waals surface area contributed by atoms with Crippen LogP contribution in [-0.2, 0) is 4.79 Å². The molecule has 22 heavy (non-hydrogen) atoms. The number of aromatic hydroxyl groups is 1. The SMILES string of the molecule is COc1ccccc1NC(=O)/C(C#N)=C/c1ccc(O)cc1. The Morgan fingerprint density at radius 3 is 2.55 bits per heavy atom. The van der Waals surface area contributed by atoms with Gasteiger partial charge in [0.1, 0.15) is 23.1 Å². The number of nitrogens with one attached hydrogen (secondary N) is 1. The number of ether oxygens (including phenoxy) is 1. The number of anilines is 1. The third kappa shape index (κ3) is 3.64. The molecule has 0 unspecified atom stereocenters. The molecule has 110 valence electrons. The molecule has 0 aromatic heterocycles. The molecule has 2 aromatic rings. The van der Waals surface area contributed by atoms with Crippen LogP contribution in [0.15, 0.2) is 54.1 Å². The van der Waals surface area contributed by atoms with Crippen LogP contribution in [0.25, 0.3) is 6.08 Å². The third-order valence-corrected chi connectivity index (χ3v) is 2.92. The lowest BCUT2D eigenvalue weighted by atomic mass is 10.1. The molecule has 0 saturated carbocycles. The van der Waals surface area contributed by atoms with E-state index in [1.165, 1.54) is 25.3 Å². The molecule has 0 bridgehead atoms. The minimum atomic E-state index is -0.528. The van der Waals surface area contributed by atoms with E-state index in [-0.39, 0.29) is 11.3 Å². The molecule has 2 N–H and O–H groups in total. The molecule has 0 heterocycles. The van der Waals surface area contributed by atoms with Gasteiger partial charge < -0.3 is 15.2 Å². The van der Waals surface area contributed by atoms with Crippen LogP contribution in [0, 0.1) is 11.3 Å². The first kappa shape index (κ1) is 15.1.